The van der Waals surface area contributed by atoms with Gasteiger partial charge in [0.25, 0.3) is 23.6 Å². The van der Waals surface area contributed by atoms with Crippen molar-refractivity contribution in [3.8, 4) is 23.0 Å². The lowest BCUT2D eigenvalue weighted by Gasteiger charge is -2.21. The number of aromatic amines is 1. The summed E-state index contributed by atoms with van der Waals surface area (Å²) in [5, 5.41) is 52.3. The summed E-state index contributed by atoms with van der Waals surface area (Å²) in [6.45, 7) is 0.909. The number of carbonyl (C=O) groups is 10. The highest BCUT2D eigenvalue weighted by Gasteiger charge is 2.30. The largest absolute Gasteiger partial charge is 0.496 e. The molecule has 0 unspecified atom stereocenters. The standard InChI is InChI=1S/C68H83N15O15/c1-37(84)26-38-15-19-56(95-2)44(27-38)62(91)80-50(13-8-24-77-67(72)73)55(87)33-41-18-22-59(98-36-60(88)89)47(30-41)65(94)82-51(14-9-25-78-68(74)75)54(86)31-39-16-20-57(96-3)45(28-39)63(92)81-49(12-7-23-76-66(70)71)53(85)32-40-17-21-58(97-4)46(29-40)64(93)83-52(61(69)90)34-42-35-79-48-11-6-5-10-43(42)48/h5-6,10-11,15-22,27-30,35,49-52,79H,7-9,12-14,23-26,31-34,36H2,1-4H3,(H2,69,90)(H,80,91)(H,81,92)(H,82,94)(H,83,93)(H,88,89)(H4,70,71,76)(H4,72,73,77)(H4,74,75,78)/t49-,50-,51-,52-/m1/s1. The van der Waals surface area contributed by atoms with E-state index in [1.165, 1.54) is 88.9 Å². The molecule has 6 aromatic rings. The third kappa shape index (κ3) is 22.7. The number of amides is 5. The summed E-state index contributed by atoms with van der Waals surface area (Å²) in [6.07, 6.45) is 1.35. The van der Waals surface area contributed by atoms with Crippen LogP contribution in [0.5, 0.6) is 23.0 Å². The number of nitrogens with two attached hydrogens (primary N) is 4. The topological polar surface area (TPSA) is 503 Å². The molecule has 0 aliphatic carbocycles. The summed E-state index contributed by atoms with van der Waals surface area (Å²) >= 11 is 0. The van der Waals surface area contributed by atoms with E-state index >= 15 is 0 Å². The molecule has 5 aromatic carbocycles. The van der Waals surface area contributed by atoms with Crippen LogP contribution in [0.4, 0.5) is 0 Å². The maximum Gasteiger partial charge on any atom is 0.341 e. The molecule has 0 aliphatic rings. The zero-order chi connectivity index (χ0) is 71.6. The molecule has 1 aromatic heterocycles. The molecule has 30 heteroatoms. The Bertz CT molecular complexity index is 3960. The van der Waals surface area contributed by atoms with E-state index in [2.05, 4.69) is 42.2 Å². The average Bonchev–Trinajstić information content (AvgIpc) is 1.82. The van der Waals surface area contributed by atoms with Crippen molar-refractivity contribution in [3.63, 3.8) is 0 Å². The van der Waals surface area contributed by atoms with E-state index in [4.69, 9.17) is 58.1 Å². The number of aliphatic carboxylic acids is 1. The van der Waals surface area contributed by atoms with Crippen LogP contribution < -0.4 is 79.1 Å². The highest BCUT2D eigenvalue weighted by Crippen LogP contribution is 2.27. The second kappa shape index (κ2) is 36.7. The molecule has 4 atom stereocenters. The quantitative estimate of drug-likeness (QED) is 0.0149. The van der Waals surface area contributed by atoms with Gasteiger partial charge in [-0.05, 0) is 128 Å². The summed E-state index contributed by atoms with van der Waals surface area (Å²) in [5.41, 5.74) is 24.9. The molecule has 1 heterocycles. The number of hydrogen-bond donors (Lipinski definition) is 16. The molecule has 520 valence electrons. The monoisotopic (exact) mass is 1350 g/mol. The number of Topliss-reactive ketones (excluding diaryl/α,β-unsaturated/α-hetero) is 4. The number of carbonyl (C=O) groups excluding carboxylic acids is 9. The molecule has 98 heavy (non-hydrogen) atoms. The van der Waals surface area contributed by atoms with Crippen LogP contribution in [-0.2, 0) is 60.9 Å². The van der Waals surface area contributed by atoms with Gasteiger partial charge in [-0.1, -0.05) is 42.5 Å². The van der Waals surface area contributed by atoms with E-state index in [0.717, 1.165) is 16.5 Å². The summed E-state index contributed by atoms with van der Waals surface area (Å²) in [6, 6.07) is 20.0. The number of carboxylic acids is 1. The Morgan fingerprint density at radius 3 is 1.17 bits per heavy atom. The fourth-order valence-electron chi connectivity index (χ4n) is 10.7. The molecule has 30 nitrogen and oxygen atoms in total. The van der Waals surface area contributed by atoms with Crippen LogP contribution in [0.25, 0.3) is 10.9 Å². The van der Waals surface area contributed by atoms with E-state index in [9.17, 15) is 53.1 Å². The fourth-order valence-corrected chi connectivity index (χ4v) is 10.7. The van der Waals surface area contributed by atoms with Crippen molar-refractivity contribution >= 4 is 87.4 Å². The third-order valence-corrected chi connectivity index (χ3v) is 15.5. The molecule has 20 N–H and O–H groups in total. The lowest BCUT2D eigenvalue weighted by molar-refractivity contribution is -0.139. The van der Waals surface area contributed by atoms with Crippen LogP contribution in [0, 0.1) is 16.2 Å². The zero-order valence-electron chi connectivity index (χ0n) is 54.7. The van der Waals surface area contributed by atoms with Gasteiger partial charge in [0, 0.05) is 68.8 Å². The number of aromatic nitrogens is 1. The van der Waals surface area contributed by atoms with Crippen LogP contribution in [0.2, 0.25) is 0 Å². The van der Waals surface area contributed by atoms with Gasteiger partial charge in [-0.25, -0.2) is 4.79 Å². The molecule has 0 aliphatic heterocycles. The van der Waals surface area contributed by atoms with Gasteiger partial charge in [-0.2, -0.15) is 0 Å². The van der Waals surface area contributed by atoms with Crippen molar-refractivity contribution in [3.05, 3.63) is 153 Å². The van der Waals surface area contributed by atoms with Gasteiger partial charge in [-0.3, -0.25) is 59.4 Å². The van der Waals surface area contributed by atoms with Gasteiger partial charge in [0.1, 0.15) is 34.8 Å². The maximum atomic E-state index is 14.6. The number of para-hydroxylation sites is 1. The molecule has 5 amide bonds. The normalized spacial score (nSPS) is 12.0. The van der Waals surface area contributed by atoms with Crippen LogP contribution >= 0.6 is 0 Å². The first-order valence-corrected chi connectivity index (χ1v) is 31.1. The first kappa shape index (κ1) is 75.2. The number of nitrogens with one attached hydrogen (secondary N) is 11. The molecule has 6 rings (SSSR count). The SMILES string of the molecule is COc1ccc(CC(=O)[C@@H](CCCNC(=N)N)NC(=O)c2cc(CC(=O)[C@@H](CCCNC(=N)N)NC(=O)c3cc(CC(=O)[C@@H](CCCNC(=N)N)NC(=O)c4cc(CC(C)=O)ccc4OC)ccc3OCC(=O)O)ccc2OC)cc1C(=O)N[C@H](Cc1c[nH]c2ccccc12)C(N)=O. The molecular weight excluding hydrogens is 1270 g/mol. The summed E-state index contributed by atoms with van der Waals surface area (Å²) in [5.74, 6) is -7.96. The molecule has 0 spiro atoms. The predicted octanol–water partition coefficient (Wildman–Crippen LogP) is 2.14. The van der Waals surface area contributed by atoms with E-state index < -0.39 is 96.5 Å². The van der Waals surface area contributed by atoms with Crippen molar-refractivity contribution in [1.29, 1.82) is 16.2 Å². The van der Waals surface area contributed by atoms with Gasteiger partial charge in [0.15, 0.2) is 41.8 Å². The number of H-pyrrole nitrogens is 1. The third-order valence-electron chi connectivity index (χ3n) is 15.5. The van der Waals surface area contributed by atoms with E-state index in [1.807, 2.05) is 24.3 Å². The number of benzene rings is 5. The Hall–Kier alpha value is -11.9. The number of rotatable bonds is 40. The first-order valence-electron chi connectivity index (χ1n) is 31.1. The van der Waals surface area contributed by atoms with Crippen LogP contribution in [0.1, 0.15) is 115 Å². The molecular formula is C68H83N15O15. The lowest BCUT2D eigenvalue weighted by atomic mass is 9.96. The zero-order valence-corrected chi connectivity index (χ0v) is 54.7. The first-order chi connectivity index (χ1) is 46.8. The van der Waals surface area contributed by atoms with Gasteiger partial charge < -0.3 is 89.2 Å². The van der Waals surface area contributed by atoms with E-state index in [0.29, 0.717) is 11.1 Å². The Morgan fingerprint density at radius 1 is 0.480 bits per heavy atom. The van der Waals surface area contributed by atoms with Crippen LogP contribution in [-0.4, -0.2) is 158 Å². The minimum Gasteiger partial charge on any atom is -0.496 e. The second-order valence-electron chi connectivity index (χ2n) is 22.9. The predicted molar refractivity (Wildman–Crippen MR) is 363 cm³/mol. The minimum absolute atomic E-state index is 0.00984. The molecule has 0 radical (unpaired) electrons. The van der Waals surface area contributed by atoms with E-state index in [-0.39, 0.29) is 157 Å². The number of guanidine groups is 3. The molecule has 0 saturated heterocycles. The Balaban J connectivity index is 1.24. The number of ether oxygens (including phenoxy) is 4. The maximum absolute atomic E-state index is 14.6. The van der Waals surface area contributed by atoms with Crippen molar-refractivity contribution in [2.24, 2.45) is 22.9 Å². The summed E-state index contributed by atoms with van der Waals surface area (Å²) < 4.78 is 22.1. The number of fused-ring (bicyclic) bond motifs is 1. The van der Waals surface area contributed by atoms with Crippen molar-refractivity contribution in [2.75, 3.05) is 47.6 Å². The van der Waals surface area contributed by atoms with Gasteiger partial charge in [0.05, 0.1) is 61.7 Å². The average molecular weight is 1350 g/mol. The van der Waals surface area contributed by atoms with Crippen molar-refractivity contribution < 1.29 is 72.0 Å². The highest BCUT2D eigenvalue weighted by molar-refractivity contribution is 6.04. The van der Waals surface area contributed by atoms with Gasteiger partial charge in [-0.15, -0.1) is 0 Å². The Kier molecular flexibility index (Phi) is 28.2. The number of carboxylic acid groups (broad SMARTS) is 1. The van der Waals surface area contributed by atoms with Crippen LogP contribution in [0.15, 0.2) is 103 Å². The Morgan fingerprint density at radius 2 is 0.827 bits per heavy atom. The molecule has 0 fully saturated rings. The Labute approximate surface area is 564 Å². The number of methoxy groups -OCH3 is 3. The van der Waals surface area contributed by atoms with Crippen LogP contribution in [0.3, 0.4) is 0 Å². The lowest BCUT2D eigenvalue weighted by Crippen LogP contribution is -2.46. The fraction of sp³-hybridized carbons (Fsp3) is 0.338. The number of ketones is 4. The minimum atomic E-state index is -1.39. The van der Waals surface area contributed by atoms with Crippen molar-refractivity contribution in [2.45, 2.75) is 102 Å². The van der Waals surface area contributed by atoms with Crippen molar-refractivity contribution in [1.82, 2.24) is 42.2 Å². The van der Waals surface area contributed by atoms with E-state index in [1.54, 1.807) is 18.3 Å². The highest BCUT2D eigenvalue weighted by atomic mass is 16.5. The smallest absolute Gasteiger partial charge is 0.341 e. The summed E-state index contributed by atoms with van der Waals surface area (Å²) in [4.78, 5) is 140. The number of hydrogen-bond acceptors (Lipinski definition) is 17. The summed E-state index contributed by atoms with van der Waals surface area (Å²) in [7, 11) is 4.01. The molecule has 0 saturated carbocycles. The molecule has 0 bridgehead atoms. The van der Waals surface area contributed by atoms with Gasteiger partial charge >= 0.3 is 5.97 Å². The number of primary amides is 1. The van der Waals surface area contributed by atoms with Gasteiger partial charge in [0.2, 0.25) is 5.91 Å². The second-order valence-corrected chi connectivity index (χ2v) is 22.9.